The van der Waals surface area contributed by atoms with Crippen LogP contribution in [0.15, 0.2) is 46.7 Å². The van der Waals surface area contributed by atoms with Gasteiger partial charge in [-0.25, -0.2) is 14.4 Å². The Morgan fingerprint density at radius 2 is 1.67 bits per heavy atom. The highest BCUT2D eigenvalue weighted by Gasteiger charge is 2.00. The van der Waals surface area contributed by atoms with Crippen molar-refractivity contribution in [2.45, 2.75) is 10.1 Å². The first-order chi connectivity index (χ1) is 7.24. The maximum Gasteiger partial charge on any atom is 0.192 e. The van der Waals surface area contributed by atoms with E-state index in [0.717, 1.165) is 17.3 Å². The molecule has 0 bridgehead atoms. The van der Waals surface area contributed by atoms with Gasteiger partial charge in [-0.1, -0.05) is 0 Å². The van der Waals surface area contributed by atoms with Crippen LogP contribution in [-0.2, 0) is 0 Å². The molecule has 5 heteroatoms. The first-order valence-corrected chi connectivity index (χ1v) is 5.06. The van der Waals surface area contributed by atoms with Crippen molar-refractivity contribution in [1.29, 1.82) is 0 Å². The van der Waals surface area contributed by atoms with E-state index in [4.69, 9.17) is 5.73 Å². The van der Waals surface area contributed by atoms with Crippen molar-refractivity contribution >= 4 is 17.4 Å². The molecule has 0 spiro atoms. The van der Waals surface area contributed by atoms with Crippen molar-refractivity contribution in [3.8, 4) is 0 Å². The predicted octanol–water partition coefficient (Wildman–Crippen LogP) is 2.35. The van der Waals surface area contributed by atoms with E-state index < -0.39 is 5.82 Å². The number of nitrogen functional groups attached to an aromatic ring is 1. The van der Waals surface area contributed by atoms with Gasteiger partial charge in [0.2, 0.25) is 0 Å². The van der Waals surface area contributed by atoms with E-state index in [-0.39, 0.29) is 0 Å². The fourth-order valence-corrected chi connectivity index (χ4v) is 1.69. The van der Waals surface area contributed by atoms with Crippen LogP contribution in [0.25, 0.3) is 0 Å². The number of anilines is 1. The van der Waals surface area contributed by atoms with Gasteiger partial charge in [0.15, 0.2) is 11.0 Å². The summed E-state index contributed by atoms with van der Waals surface area (Å²) in [6.45, 7) is 0. The maximum atomic E-state index is 12.5. The Hall–Kier alpha value is -1.62. The minimum Gasteiger partial charge on any atom is -0.399 e. The molecule has 1 heterocycles. The lowest BCUT2D eigenvalue weighted by Gasteiger charge is -1.99. The van der Waals surface area contributed by atoms with E-state index in [2.05, 4.69) is 9.97 Å². The third-order valence-corrected chi connectivity index (χ3v) is 2.59. The van der Waals surface area contributed by atoms with Crippen molar-refractivity contribution in [1.82, 2.24) is 9.97 Å². The van der Waals surface area contributed by atoms with Gasteiger partial charge in [0.05, 0.1) is 12.4 Å². The van der Waals surface area contributed by atoms with Crippen LogP contribution in [0.1, 0.15) is 0 Å². The number of hydrogen-bond acceptors (Lipinski definition) is 4. The van der Waals surface area contributed by atoms with E-state index in [0.29, 0.717) is 10.8 Å². The topological polar surface area (TPSA) is 51.8 Å². The van der Waals surface area contributed by atoms with Gasteiger partial charge in [-0.2, -0.15) is 0 Å². The molecular formula is C10H8FN3S. The molecule has 0 aliphatic heterocycles. The summed E-state index contributed by atoms with van der Waals surface area (Å²) in [5, 5.41) is 0.515. The normalized spacial score (nSPS) is 10.2. The lowest BCUT2D eigenvalue weighted by molar-refractivity contribution is 0.605. The summed E-state index contributed by atoms with van der Waals surface area (Å²) in [5.74, 6) is -0.434. The highest BCUT2D eigenvalue weighted by atomic mass is 32.2. The summed E-state index contributed by atoms with van der Waals surface area (Å²) >= 11 is 1.36. The van der Waals surface area contributed by atoms with E-state index >= 15 is 0 Å². The molecule has 1 aromatic heterocycles. The van der Waals surface area contributed by atoms with Gasteiger partial charge >= 0.3 is 0 Å². The number of halogens is 1. The molecule has 2 aromatic rings. The second-order valence-corrected chi connectivity index (χ2v) is 3.90. The Kier molecular flexibility index (Phi) is 2.82. The van der Waals surface area contributed by atoms with Crippen LogP contribution < -0.4 is 5.73 Å². The van der Waals surface area contributed by atoms with E-state index in [1.54, 1.807) is 12.1 Å². The minimum absolute atomic E-state index is 0.434. The lowest BCUT2D eigenvalue weighted by Crippen LogP contribution is -1.87. The van der Waals surface area contributed by atoms with Gasteiger partial charge in [0.1, 0.15) is 0 Å². The third kappa shape index (κ3) is 2.66. The molecule has 76 valence electrons. The number of benzene rings is 1. The third-order valence-electron chi connectivity index (χ3n) is 1.69. The van der Waals surface area contributed by atoms with Gasteiger partial charge in [-0.15, -0.1) is 0 Å². The number of nitrogens with two attached hydrogens (primary N) is 1. The molecule has 15 heavy (non-hydrogen) atoms. The lowest BCUT2D eigenvalue weighted by atomic mass is 10.3. The monoisotopic (exact) mass is 221 g/mol. The minimum atomic E-state index is -0.434. The molecule has 0 aliphatic rings. The van der Waals surface area contributed by atoms with Crippen LogP contribution in [0.5, 0.6) is 0 Å². The van der Waals surface area contributed by atoms with Crippen molar-refractivity contribution in [2.75, 3.05) is 5.73 Å². The van der Waals surface area contributed by atoms with Gasteiger partial charge < -0.3 is 5.73 Å². The van der Waals surface area contributed by atoms with Crippen LogP contribution in [0, 0.1) is 5.82 Å². The Labute approximate surface area is 90.6 Å². The molecular weight excluding hydrogens is 213 g/mol. The van der Waals surface area contributed by atoms with E-state index in [9.17, 15) is 4.39 Å². The molecule has 0 saturated heterocycles. The summed E-state index contributed by atoms with van der Waals surface area (Å²) in [6.07, 6.45) is 2.29. The van der Waals surface area contributed by atoms with Crippen molar-refractivity contribution < 1.29 is 4.39 Å². The Balaban J connectivity index is 2.15. The van der Waals surface area contributed by atoms with E-state index in [1.807, 2.05) is 12.1 Å². The summed E-state index contributed by atoms with van der Waals surface area (Å²) < 4.78 is 12.5. The molecule has 0 saturated carbocycles. The summed E-state index contributed by atoms with van der Waals surface area (Å²) in [7, 11) is 0. The molecule has 0 radical (unpaired) electrons. The zero-order valence-corrected chi connectivity index (χ0v) is 8.54. The van der Waals surface area contributed by atoms with Gasteiger partial charge in [-0.3, -0.25) is 0 Å². The number of rotatable bonds is 2. The Morgan fingerprint density at radius 3 is 2.27 bits per heavy atom. The SMILES string of the molecule is Nc1ccc(Sc2ncc(F)cn2)cc1. The van der Waals surface area contributed by atoms with Crippen LogP contribution in [0.2, 0.25) is 0 Å². The van der Waals surface area contributed by atoms with Crippen molar-refractivity contribution in [3.63, 3.8) is 0 Å². The highest BCUT2D eigenvalue weighted by Crippen LogP contribution is 2.24. The fourth-order valence-electron chi connectivity index (χ4n) is 0.994. The van der Waals surface area contributed by atoms with Gasteiger partial charge in [0.25, 0.3) is 0 Å². The van der Waals surface area contributed by atoms with Crippen LogP contribution in [0.4, 0.5) is 10.1 Å². The second-order valence-electron chi connectivity index (χ2n) is 2.85. The second kappa shape index (κ2) is 4.27. The number of aromatic nitrogens is 2. The number of nitrogens with zero attached hydrogens (tertiary/aromatic N) is 2. The Bertz CT molecular complexity index is 398. The first kappa shape index (κ1) is 9.92. The van der Waals surface area contributed by atoms with E-state index in [1.165, 1.54) is 11.8 Å². The molecule has 2 N–H and O–H groups in total. The Morgan fingerprint density at radius 1 is 1.07 bits per heavy atom. The average molecular weight is 221 g/mol. The highest BCUT2D eigenvalue weighted by molar-refractivity contribution is 7.99. The quantitative estimate of drug-likeness (QED) is 0.624. The molecule has 1 aromatic carbocycles. The number of hydrogen-bond donors (Lipinski definition) is 1. The zero-order valence-electron chi connectivity index (χ0n) is 7.72. The van der Waals surface area contributed by atoms with Crippen molar-refractivity contribution in [3.05, 3.63) is 42.5 Å². The van der Waals surface area contributed by atoms with Crippen LogP contribution >= 0.6 is 11.8 Å². The van der Waals surface area contributed by atoms with Gasteiger partial charge in [-0.05, 0) is 36.0 Å². The smallest absolute Gasteiger partial charge is 0.192 e. The standard InChI is InChI=1S/C10H8FN3S/c11-7-5-13-10(14-6-7)15-9-3-1-8(12)2-4-9/h1-6H,12H2. The predicted molar refractivity (Wildman–Crippen MR) is 57.0 cm³/mol. The summed E-state index contributed by atoms with van der Waals surface area (Å²) in [6, 6.07) is 7.33. The fraction of sp³-hybridized carbons (Fsp3) is 0. The van der Waals surface area contributed by atoms with Gasteiger partial charge in [0, 0.05) is 10.6 Å². The molecule has 0 fully saturated rings. The molecule has 2 rings (SSSR count). The van der Waals surface area contributed by atoms with Crippen molar-refractivity contribution in [2.24, 2.45) is 0 Å². The molecule has 0 amide bonds. The average Bonchev–Trinajstić information content (AvgIpc) is 2.25. The maximum absolute atomic E-state index is 12.5. The van der Waals surface area contributed by atoms with Crippen LogP contribution in [0.3, 0.4) is 0 Å². The molecule has 3 nitrogen and oxygen atoms in total. The summed E-state index contributed by atoms with van der Waals surface area (Å²) in [5.41, 5.74) is 6.26. The van der Waals surface area contributed by atoms with Crippen LogP contribution in [-0.4, -0.2) is 9.97 Å². The largest absolute Gasteiger partial charge is 0.399 e. The summed E-state index contributed by atoms with van der Waals surface area (Å²) in [4.78, 5) is 8.65. The zero-order chi connectivity index (χ0) is 10.7. The molecule has 0 unspecified atom stereocenters. The first-order valence-electron chi connectivity index (χ1n) is 4.25. The molecule has 0 atom stereocenters. The molecule has 0 aliphatic carbocycles.